The molecule has 0 fully saturated rings. The Balaban J connectivity index is 0.000000138. The lowest BCUT2D eigenvalue weighted by Gasteiger charge is -2.31. The molecule has 4 aliphatic carbocycles. The van der Waals surface area contributed by atoms with Crippen molar-refractivity contribution in [3.63, 3.8) is 0 Å². The Kier molecular flexibility index (Phi) is 11.0. The van der Waals surface area contributed by atoms with Crippen LogP contribution >= 0.6 is 0 Å². The summed E-state index contributed by atoms with van der Waals surface area (Å²) in [7, 11) is -5.96. The molecule has 0 aromatic heterocycles. The van der Waals surface area contributed by atoms with Crippen molar-refractivity contribution in [3.8, 4) is 78.3 Å². The Morgan fingerprint density at radius 1 is 0.330 bits per heavy atom. The molecule has 0 unspecified atom stereocenters. The van der Waals surface area contributed by atoms with Crippen molar-refractivity contribution in [2.45, 2.75) is 23.3 Å². The van der Waals surface area contributed by atoms with Crippen LogP contribution in [-0.2, 0) is 20.9 Å². The summed E-state index contributed by atoms with van der Waals surface area (Å²) in [4.78, 5) is 0. The maximum Gasteiger partial charge on any atom is 0.534 e. The van der Waals surface area contributed by atoms with E-state index in [2.05, 4.69) is 165 Å². The molecule has 14 aromatic carbocycles. The molecule has 0 saturated heterocycles. The van der Waals surface area contributed by atoms with Crippen LogP contribution in [0.2, 0.25) is 0 Å². The second-order valence-corrected chi connectivity index (χ2v) is 25.0. The van der Waals surface area contributed by atoms with Gasteiger partial charge in [0.25, 0.3) is 0 Å². The average molecular weight is 1160 g/mol. The number of aryl methyl sites for hydroxylation is 1. The number of phenolic OH excluding ortho intramolecular Hbond substituents is 1. The second kappa shape index (κ2) is 18.7. The van der Waals surface area contributed by atoms with Crippen LogP contribution in [0.1, 0.15) is 50.1 Å². The van der Waals surface area contributed by atoms with E-state index < -0.39 is 26.5 Å². The molecular weight excluding hydrogens is 1110 g/mol. The minimum atomic E-state index is -5.96. The number of aromatic hydroxyl groups is 1. The van der Waals surface area contributed by atoms with E-state index in [-0.39, 0.29) is 11.3 Å². The molecule has 0 aliphatic heterocycles. The summed E-state index contributed by atoms with van der Waals surface area (Å²) in [5, 5.41) is 18.9. The SMILES string of the molecule is Cc1ccc2c(c1)-c1c(cc(-c3cc4ccccc4cc3O)c3ccccc13)C21c2ccccc2-c2ccccc21.O=S(=O)(Oc1cc2ccccc2cc1-c1cc2c(c3ccccc13)-c1ccccc1C21c2ccccc2-c2ccccc21)C(F)(F)F. The van der Waals surface area contributed by atoms with E-state index in [0.717, 1.165) is 88.0 Å². The zero-order valence-electron chi connectivity index (χ0n) is 47.2. The fourth-order valence-corrected chi connectivity index (χ4v) is 16.1. The lowest BCUT2D eigenvalue weighted by Crippen LogP contribution is -2.28. The first-order valence-corrected chi connectivity index (χ1v) is 30.8. The monoisotopic (exact) mass is 1160 g/mol. The van der Waals surface area contributed by atoms with E-state index in [4.69, 9.17) is 4.18 Å². The maximum absolute atomic E-state index is 13.7. The van der Waals surface area contributed by atoms with Gasteiger partial charge in [0.2, 0.25) is 0 Å². The van der Waals surface area contributed by atoms with Crippen LogP contribution in [0.25, 0.3) is 110 Å². The first kappa shape index (κ1) is 51.8. The molecule has 0 atom stereocenters. The number of benzene rings is 14. The molecule has 0 bridgehead atoms. The minimum Gasteiger partial charge on any atom is -0.507 e. The summed E-state index contributed by atoms with van der Waals surface area (Å²) < 4.78 is 71.1. The van der Waals surface area contributed by atoms with Crippen LogP contribution in [0, 0.1) is 6.92 Å². The lowest BCUT2D eigenvalue weighted by molar-refractivity contribution is -0.0499. The average Bonchev–Trinajstić information content (AvgIpc) is 1.53. The van der Waals surface area contributed by atoms with Crippen LogP contribution in [0.4, 0.5) is 13.2 Å². The molecule has 420 valence electrons. The highest BCUT2D eigenvalue weighted by Crippen LogP contribution is 2.67. The van der Waals surface area contributed by atoms with Crippen LogP contribution in [-0.4, -0.2) is 19.0 Å². The van der Waals surface area contributed by atoms with E-state index >= 15 is 0 Å². The van der Waals surface area contributed by atoms with Crippen LogP contribution in [0.15, 0.2) is 273 Å². The first-order valence-electron chi connectivity index (χ1n) is 29.3. The Bertz CT molecular complexity index is 5400. The molecular formula is C80H49F3O4S. The number of phenols is 1. The summed E-state index contributed by atoms with van der Waals surface area (Å²) in [6.45, 7) is 2.19. The van der Waals surface area contributed by atoms with Gasteiger partial charge in [-0.3, -0.25) is 0 Å². The summed E-state index contributed by atoms with van der Waals surface area (Å²) in [5.41, 5.74) is 16.4. The third kappa shape index (κ3) is 7.06. The number of alkyl halides is 3. The molecule has 14 aromatic rings. The summed E-state index contributed by atoms with van der Waals surface area (Å²) in [6, 6.07) is 93.3. The zero-order chi connectivity index (χ0) is 59.4. The number of halogens is 3. The van der Waals surface area contributed by atoms with Crippen molar-refractivity contribution in [3.05, 3.63) is 323 Å². The molecule has 0 heterocycles. The predicted octanol–water partition coefficient (Wildman–Crippen LogP) is 20.2. The van der Waals surface area contributed by atoms with E-state index in [1.165, 1.54) is 61.5 Å². The highest BCUT2D eigenvalue weighted by Gasteiger charge is 2.54. The third-order valence-corrected chi connectivity index (χ3v) is 20.0. The van der Waals surface area contributed by atoms with Crippen molar-refractivity contribution in [1.82, 2.24) is 0 Å². The van der Waals surface area contributed by atoms with Gasteiger partial charge in [-0.15, -0.1) is 0 Å². The molecule has 8 heteroatoms. The van der Waals surface area contributed by atoms with Gasteiger partial charge in [0, 0.05) is 11.1 Å². The standard InChI is InChI=1S/C40H23F3O3S.C40H26O/c41-40(42,43)47(44,45)46-37-22-25-12-2-1-11-24(25)21-32(37)31-23-36-38(29-16-4-3-13-26(29)31)30-17-7-10-20-35(30)39(36)33-18-8-5-14-27(33)28-15-6-9-19-34(28)39;1-24-18-19-36-33(20-24)39-30-15-5-4-12-27(30)31(32-21-25-10-2-3-11-26(25)22-38(32)41)23-37(39)40(36)34-16-8-6-13-28(34)29-14-7-9-17-35(29)40/h1-23H;2-23,41H,1H3. The zero-order valence-corrected chi connectivity index (χ0v) is 48.0. The molecule has 4 aliphatic rings. The molecule has 0 amide bonds. The molecule has 0 saturated carbocycles. The summed E-state index contributed by atoms with van der Waals surface area (Å²) >= 11 is 0. The van der Waals surface area contributed by atoms with Crippen molar-refractivity contribution in [2.24, 2.45) is 0 Å². The second-order valence-electron chi connectivity index (χ2n) is 23.5. The Hall–Kier alpha value is -10.5. The van der Waals surface area contributed by atoms with Crippen LogP contribution < -0.4 is 4.18 Å². The fourth-order valence-electron chi connectivity index (χ4n) is 15.6. The van der Waals surface area contributed by atoms with E-state index in [0.29, 0.717) is 16.7 Å². The van der Waals surface area contributed by atoms with Gasteiger partial charge >= 0.3 is 15.6 Å². The Morgan fingerprint density at radius 3 is 1.16 bits per heavy atom. The number of fused-ring (bicyclic) bond motifs is 26. The van der Waals surface area contributed by atoms with Crippen molar-refractivity contribution in [1.29, 1.82) is 0 Å². The van der Waals surface area contributed by atoms with Crippen molar-refractivity contribution in [2.75, 3.05) is 0 Å². The van der Waals surface area contributed by atoms with Gasteiger partial charge in [-0.2, -0.15) is 21.6 Å². The van der Waals surface area contributed by atoms with Crippen molar-refractivity contribution >= 4 is 53.2 Å². The van der Waals surface area contributed by atoms with Crippen LogP contribution in [0.5, 0.6) is 11.5 Å². The minimum absolute atomic E-state index is 0.251. The summed E-state index contributed by atoms with van der Waals surface area (Å²) in [6.07, 6.45) is 0. The normalized spacial score (nSPS) is 14.0. The predicted molar refractivity (Wildman–Crippen MR) is 348 cm³/mol. The van der Waals surface area contributed by atoms with Gasteiger partial charge in [0.15, 0.2) is 5.75 Å². The third-order valence-electron chi connectivity index (χ3n) is 19.0. The largest absolute Gasteiger partial charge is 0.534 e. The molecule has 2 spiro atoms. The molecule has 88 heavy (non-hydrogen) atoms. The van der Waals surface area contributed by atoms with Gasteiger partial charge in [0.05, 0.1) is 10.8 Å². The van der Waals surface area contributed by atoms with Gasteiger partial charge in [-0.05, 0) is 187 Å². The smallest absolute Gasteiger partial charge is 0.507 e. The Morgan fingerprint density at radius 2 is 0.682 bits per heavy atom. The topological polar surface area (TPSA) is 63.6 Å². The van der Waals surface area contributed by atoms with Gasteiger partial charge in [0.1, 0.15) is 5.75 Å². The highest BCUT2D eigenvalue weighted by molar-refractivity contribution is 7.88. The van der Waals surface area contributed by atoms with Crippen molar-refractivity contribution < 1.29 is 30.9 Å². The summed E-state index contributed by atoms with van der Waals surface area (Å²) in [5.74, 6) is -0.0793. The molecule has 4 nitrogen and oxygen atoms in total. The highest BCUT2D eigenvalue weighted by atomic mass is 32.2. The first-order chi connectivity index (χ1) is 42.9. The van der Waals surface area contributed by atoms with Gasteiger partial charge in [-0.25, -0.2) is 0 Å². The lowest BCUT2D eigenvalue weighted by atomic mass is 9.70. The molecule has 0 radical (unpaired) electrons. The number of rotatable bonds is 4. The van der Waals surface area contributed by atoms with Gasteiger partial charge in [-0.1, -0.05) is 242 Å². The molecule has 18 rings (SSSR count). The maximum atomic E-state index is 13.7. The van der Waals surface area contributed by atoms with E-state index in [1.54, 1.807) is 18.2 Å². The van der Waals surface area contributed by atoms with E-state index in [1.807, 2.05) is 91.0 Å². The number of hydrogen-bond donors (Lipinski definition) is 1. The Labute approximate surface area is 505 Å². The number of hydrogen-bond acceptors (Lipinski definition) is 4. The quantitative estimate of drug-likeness (QED) is 0.141. The van der Waals surface area contributed by atoms with E-state index in [9.17, 15) is 26.7 Å². The molecule has 1 N–H and O–H groups in total. The van der Waals surface area contributed by atoms with Crippen LogP contribution in [0.3, 0.4) is 0 Å². The fraction of sp³-hybridized carbons (Fsp3) is 0.0500. The van der Waals surface area contributed by atoms with Gasteiger partial charge < -0.3 is 9.29 Å².